The minimum atomic E-state index is -0.771. The van der Waals surface area contributed by atoms with Crippen molar-refractivity contribution in [2.45, 2.75) is 303 Å². The van der Waals surface area contributed by atoms with Crippen LogP contribution in [0.25, 0.3) is 0 Å². The Balaban J connectivity index is 4.27. The molecule has 0 spiro atoms. The van der Waals surface area contributed by atoms with Gasteiger partial charge in [-0.1, -0.05) is 231 Å². The highest BCUT2D eigenvalue weighted by Gasteiger charge is 2.19. The molecule has 0 radical (unpaired) electrons. The number of unbranched alkanes of at least 4 members (excludes halogenated alkanes) is 35. The highest BCUT2D eigenvalue weighted by atomic mass is 16.6. The summed E-state index contributed by atoms with van der Waals surface area (Å²) in [6.45, 7) is 6.64. The van der Waals surface area contributed by atoms with E-state index in [0.29, 0.717) is 19.3 Å². The number of rotatable bonds is 50. The number of ether oxygens (including phenoxy) is 3. The molecular formula is C56H104O6. The topological polar surface area (TPSA) is 78.9 Å². The van der Waals surface area contributed by atoms with E-state index >= 15 is 0 Å². The van der Waals surface area contributed by atoms with Crippen LogP contribution in [0.3, 0.4) is 0 Å². The van der Waals surface area contributed by atoms with Gasteiger partial charge in [-0.3, -0.25) is 14.4 Å². The Kier molecular flexibility index (Phi) is 49.8. The van der Waals surface area contributed by atoms with Gasteiger partial charge in [-0.05, 0) is 70.6 Å². The normalized spacial score (nSPS) is 12.1. The number of esters is 3. The molecule has 0 aliphatic rings. The van der Waals surface area contributed by atoms with Gasteiger partial charge in [0.1, 0.15) is 13.2 Å². The summed E-state index contributed by atoms with van der Waals surface area (Å²) in [6, 6.07) is 0. The lowest BCUT2D eigenvalue weighted by Crippen LogP contribution is -2.30. The molecule has 1 unspecified atom stereocenters. The molecule has 0 fully saturated rings. The van der Waals surface area contributed by atoms with E-state index in [1.807, 2.05) is 0 Å². The molecule has 0 amide bonds. The minimum Gasteiger partial charge on any atom is -0.462 e. The zero-order valence-electron chi connectivity index (χ0n) is 41.7. The summed E-state index contributed by atoms with van der Waals surface area (Å²) in [4.78, 5) is 37.9. The molecule has 6 nitrogen and oxygen atoms in total. The van der Waals surface area contributed by atoms with Crippen molar-refractivity contribution in [2.24, 2.45) is 0 Å². The summed E-state index contributed by atoms with van der Waals surface area (Å²) in [6.07, 6.45) is 58.8. The van der Waals surface area contributed by atoms with E-state index in [4.69, 9.17) is 14.2 Å². The second kappa shape index (κ2) is 51.5. The summed E-state index contributed by atoms with van der Waals surface area (Å²) < 4.78 is 16.8. The van der Waals surface area contributed by atoms with Gasteiger partial charge in [-0.2, -0.15) is 0 Å². The fraction of sp³-hybridized carbons (Fsp3) is 0.875. The van der Waals surface area contributed by atoms with Crippen LogP contribution in [0.4, 0.5) is 0 Å². The number of allylic oxidation sites excluding steroid dienone is 4. The first kappa shape index (κ1) is 59.9. The predicted octanol–water partition coefficient (Wildman–Crippen LogP) is 17.9. The lowest BCUT2D eigenvalue weighted by molar-refractivity contribution is -0.167. The molecule has 0 rings (SSSR count). The standard InChI is InChI=1S/C56H104O6/c1-4-7-10-13-16-19-21-23-25-27-28-29-31-32-34-37-40-43-46-49-55(58)61-52-53(51-60-54(57)48-45-42-39-36-18-15-12-9-6-3)62-56(59)50-47-44-41-38-35-33-30-26-24-22-20-17-14-11-8-5-2/h23,25-26,30,53H,4-22,24,27-29,31-52H2,1-3H3/b25-23-,30-26-. The van der Waals surface area contributed by atoms with Crippen molar-refractivity contribution < 1.29 is 28.6 Å². The smallest absolute Gasteiger partial charge is 0.306 e. The Morgan fingerprint density at radius 3 is 0.806 bits per heavy atom. The van der Waals surface area contributed by atoms with Crippen LogP contribution in [-0.4, -0.2) is 37.2 Å². The lowest BCUT2D eigenvalue weighted by Gasteiger charge is -2.18. The molecule has 0 aromatic rings. The van der Waals surface area contributed by atoms with Crippen LogP contribution in [-0.2, 0) is 28.6 Å². The molecule has 6 heteroatoms. The van der Waals surface area contributed by atoms with Crippen molar-refractivity contribution in [3.05, 3.63) is 24.3 Å². The zero-order valence-corrected chi connectivity index (χ0v) is 41.7. The largest absolute Gasteiger partial charge is 0.462 e. The van der Waals surface area contributed by atoms with Crippen molar-refractivity contribution in [3.63, 3.8) is 0 Å². The van der Waals surface area contributed by atoms with Crippen molar-refractivity contribution >= 4 is 17.9 Å². The number of hydrogen-bond donors (Lipinski definition) is 0. The third kappa shape index (κ3) is 48.9. The monoisotopic (exact) mass is 873 g/mol. The van der Waals surface area contributed by atoms with Crippen LogP contribution in [0.1, 0.15) is 297 Å². The van der Waals surface area contributed by atoms with E-state index in [9.17, 15) is 14.4 Å². The molecule has 0 bridgehead atoms. The van der Waals surface area contributed by atoms with Gasteiger partial charge in [0.25, 0.3) is 0 Å². The fourth-order valence-electron chi connectivity index (χ4n) is 8.02. The maximum absolute atomic E-state index is 12.8. The van der Waals surface area contributed by atoms with Gasteiger partial charge in [0.2, 0.25) is 0 Å². The van der Waals surface area contributed by atoms with E-state index in [2.05, 4.69) is 45.1 Å². The molecule has 0 saturated carbocycles. The quantitative estimate of drug-likeness (QED) is 0.0262. The highest BCUT2D eigenvalue weighted by Crippen LogP contribution is 2.16. The maximum atomic E-state index is 12.8. The summed E-state index contributed by atoms with van der Waals surface area (Å²) >= 11 is 0. The lowest BCUT2D eigenvalue weighted by atomic mass is 10.1. The van der Waals surface area contributed by atoms with E-state index < -0.39 is 6.10 Å². The van der Waals surface area contributed by atoms with Gasteiger partial charge in [0.15, 0.2) is 6.10 Å². The second-order valence-corrected chi connectivity index (χ2v) is 18.5. The Morgan fingerprint density at radius 1 is 0.306 bits per heavy atom. The van der Waals surface area contributed by atoms with Crippen LogP contribution in [0.15, 0.2) is 24.3 Å². The van der Waals surface area contributed by atoms with E-state index in [1.54, 1.807) is 0 Å². The Bertz CT molecular complexity index is 1000. The zero-order chi connectivity index (χ0) is 45.1. The van der Waals surface area contributed by atoms with E-state index in [0.717, 1.165) is 64.2 Å². The molecule has 62 heavy (non-hydrogen) atoms. The number of hydrogen-bond acceptors (Lipinski definition) is 6. The Hall–Kier alpha value is -2.11. The van der Waals surface area contributed by atoms with Crippen molar-refractivity contribution in [1.82, 2.24) is 0 Å². The molecule has 0 saturated heterocycles. The van der Waals surface area contributed by atoms with Crippen LogP contribution < -0.4 is 0 Å². The van der Waals surface area contributed by atoms with Crippen molar-refractivity contribution in [3.8, 4) is 0 Å². The Morgan fingerprint density at radius 2 is 0.532 bits per heavy atom. The first-order valence-electron chi connectivity index (χ1n) is 27.3. The first-order valence-corrected chi connectivity index (χ1v) is 27.3. The molecule has 0 heterocycles. The minimum absolute atomic E-state index is 0.0717. The molecule has 0 aromatic carbocycles. The third-order valence-corrected chi connectivity index (χ3v) is 12.2. The van der Waals surface area contributed by atoms with Crippen LogP contribution in [0, 0.1) is 0 Å². The average molecular weight is 873 g/mol. The fourth-order valence-corrected chi connectivity index (χ4v) is 8.02. The molecular weight excluding hydrogens is 769 g/mol. The highest BCUT2D eigenvalue weighted by molar-refractivity contribution is 5.71. The van der Waals surface area contributed by atoms with Crippen LogP contribution >= 0.6 is 0 Å². The van der Waals surface area contributed by atoms with Gasteiger partial charge in [-0.15, -0.1) is 0 Å². The number of carbonyl (C=O) groups excluding carboxylic acids is 3. The number of carbonyl (C=O) groups is 3. The van der Waals surface area contributed by atoms with Gasteiger partial charge in [0, 0.05) is 19.3 Å². The van der Waals surface area contributed by atoms with E-state index in [1.165, 1.54) is 193 Å². The van der Waals surface area contributed by atoms with Gasteiger partial charge in [0.05, 0.1) is 0 Å². The summed E-state index contributed by atoms with van der Waals surface area (Å²) in [5.41, 5.74) is 0. The Labute approximate surface area is 385 Å². The van der Waals surface area contributed by atoms with Crippen molar-refractivity contribution in [1.29, 1.82) is 0 Å². The molecule has 364 valence electrons. The summed E-state index contributed by atoms with van der Waals surface area (Å²) in [7, 11) is 0. The van der Waals surface area contributed by atoms with Crippen LogP contribution in [0.2, 0.25) is 0 Å². The van der Waals surface area contributed by atoms with E-state index in [-0.39, 0.29) is 31.1 Å². The molecule has 0 aliphatic heterocycles. The predicted molar refractivity (Wildman–Crippen MR) is 266 cm³/mol. The molecule has 1 atom stereocenters. The molecule has 0 aliphatic carbocycles. The third-order valence-electron chi connectivity index (χ3n) is 12.2. The maximum Gasteiger partial charge on any atom is 0.306 e. The van der Waals surface area contributed by atoms with Gasteiger partial charge < -0.3 is 14.2 Å². The van der Waals surface area contributed by atoms with Crippen LogP contribution in [0.5, 0.6) is 0 Å². The SMILES string of the molecule is CCCCCCCC/C=C\CCCCCCCCCCCC(=O)OCC(COC(=O)CCCCCCCCCCC)OC(=O)CCCCCCC/C=C\CCCCCCCCC. The molecule has 0 N–H and O–H groups in total. The summed E-state index contributed by atoms with van der Waals surface area (Å²) in [5.74, 6) is -0.870. The summed E-state index contributed by atoms with van der Waals surface area (Å²) in [5, 5.41) is 0. The van der Waals surface area contributed by atoms with Crippen molar-refractivity contribution in [2.75, 3.05) is 13.2 Å². The van der Waals surface area contributed by atoms with Gasteiger partial charge in [-0.25, -0.2) is 0 Å². The first-order chi connectivity index (χ1) is 30.5. The average Bonchev–Trinajstić information content (AvgIpc) is 3.27. The van der Waals surface area contributed by atoms with Gasteiger partial charge >= 0.3 is 17.9 Å². The second-order valence-electron chi connectivity index (χ2n) is 18.5. The molecule has 0 aromatic heterocycles.